The summed E-state index contributed by atoms with van der Waals surface area (Å²) < 4.78 is 7.80. The fraction of sp³-hybridized carbons (Fsp3) is 0.474. The van der Waals surface area contributed by atoms with E-state index in [4.69, 9.17) is 4.74 Å². The van der Waals surface area contributed by atoms with Crippen LogP contribution in [0.5, 0.6) is 0 Å². The molecule has 1 fully saturated rings. The maximum Gasteiger partial charge on any atom is 0.315 e. The molecule has 134 valence electrons. The third-order valence-corrected chi connectivity index (χ3v) is 4.45. The van der Waals surface area contributed by atoms with Crippen LogP contribution in [0.3, 0.4) is 0 Å². The Morgan fingerprint density at radius 2 is 2.20 bits per heavy atom. The van der Waals surface area contributed by atoms with Gasteiger partial charge in [0.25, 0.3) is 0 Å². The molecular weight excluding hydrogens is 316 g/mol. The van der Waals surface area contributed by atoms with E-state index in [0.29, 0.717) is 6.54 Å². The Morgan fingerprint density at radius 1 is 1.36 bits per heavy atom. The zero-order valence-corrected chi connectivity index (χ0v) is 14.6. The predicted molar refractivity (Wildman–Crippen MR) is 96.3 cm³/mol. The van der Waals surface area contributed by atoms with Gasteiger partial charge in [0.05, 0.1) is 6.04 Å². The fourth-order valence-corrected chi connectivity index (χ4v) is 3.11. The molecule has 25 heavy (non-hydrogen) atoms. The molecule has 2 atom stereocenters. The summed E-state index contributed by atoms with van der Waals surface area (Å²) >= 11 is 0. The molecular formula is C19H26N4O2. The second-order valence-corrected chi connectivity index (χ2v) is 6.47. The molecule has 0 aliphatic carbocycles. The van der Waals surface area contributed by atoms with Crippen molar-refractivity contribution < 1.29 is 9.53 Å². The number of carbonyl (C=O) groups excluding carboxylic acids is 1. The van der Waals surface area contributed by atoms with E-state index in [0.717, 1.165) is 38.0 Å². The van der Waals surface area contributed by atoms with E-state index in [1.807, 2.05) is 16.9 Å². The molecule has 6 nitrogen and oxygen atoms in total. The van der Waals surface area contributed by atoms with Crippen molar-refractivity contribution in [2.75, 3.05) is 13.2 Å². The molecule has 2 aromatic rings. The summed E-state index contributed by atoms with van der Waals surface area (Å²) in [5.41, 5.74) is 2.34. The van der Waals surface area contributed by atoms with E-state index < -0.39 is 0 Å². The van der Waals surface area contributed by atoms with Crippen molar-refractivity contribution >= 4 is 6.03 Å². The third-order valence-electron chi connectivity index (χ3n) is 4.45. The molecule has 1 aromatic carbocycles. The van der Waals surface area contributed by atoms with Crippen molar-refractivity contribution in [1.82, 2.24) is 20.4 Å². The largest absolute Gasteiger partial charge is 0.371 e. The van der Waals surface area contributed by atoms with Gasteiger partial charge in [-0.15, -0.1) is 0 Å². The van der Waals surface area contributed by atoms with Crippen LogP contribution in [0.4, 0.5) is 4.79 Å². The van der Waals surface area contributed by atoms with E-state index in [2.05, 4.69) is 46.9 Å². The molecule has 1 aliphatic heterocycles. The van der Waals surface area contributed by atoms with Gasteiger partial charge in [-0.05, 0) is 37.8 Å². The van der Waals surface area contributed by atoms with E-state index in [1.165, 1.54) is 5.56 Å². The minimum absolute atomic E-state index is 0.00238. The van der Waals surface area contributed by atoms with Crippen LogP contribution >= 0.6 is 0 Å². The van der Waals surface area contributed by atoms with Crippen molar-refractivity contribution in [2.45, 2.75) is 44.9 Å². The SMILES string of the molecule is Cc1ccc([C@H]2OCCC[C@H]2NC(=O)NCCCn2cccn2)cc1. The van der Waals surface area contributed by atoms with Crippen molar-refractivity contribution in [3.05, 3.63) is 53.9 Å². The molecule has 6 heteroatoms. The summed E-state index contributed by atoms with van der Waals surface area (Å²) in [6.45, 7) is 4.22. The van der Waals surface area contributed by atoms with Crippen molar-refractivity contribution in [1.29, 1.82) is 0 Å². The number of hydrogen-bond acceptors (Lipinski definition) is 3. The lowest BCUT2D eigenvalue weighted by atomic mass is 9.95. The van der Waals surface area contributed by atoms with Crippen LogP contribution in [0.25, 0.3) is 0 Å². The number of aryl methyl sites for hydroxylation is 2. The Kier molecular flexibility index (Phi) is 6.06. The first-order valence-electron chi connectivity index (χ1n) is 8.92. The number of urea groups is 1. The molecule has 1 aromatic heterocycles. The van der Waals surface area contributed by atoms with E-state index >= 15 is 0 Å². The number of nitrogens with one attached hydrogen (secondary N) is 2. The van der Waals surface area contributed by atoms with Crippen LogP contribution in [0.15, 0.2) is 42.7 Å². The first-order chi connectivity index (χ1) is 12.2. The number of benzene rings is 1. The molecule has 0 spiro atoms. The summed E-state index contributed by atoms with van der Waals surface area (Å²) in [4.78, 5) is 12.2. The van der Waals surface area contributed by atoms with Crippen LogP contribution in [0, 0.1) is 6.92 Å². The molecule has 3 rings (SSSR count). The van der Waals surface area contributed by atoms with Gasteiger partial charge < -0.3 is 15.4 Å². The van der Waals surface area contributed by atoms with Gasteiger partial charge in [0.2, 0.25) is 0 Å². The Balaban J connectivity index is 1.47. The highest BCUT2D eigenvalue weighted by Crippen LogP contribution is 2.28. The topological polar surface area (TPSA) is 68.2 Å². The monoisotopic (exact) mass is 342 g/mol. The minimum Gasteiger partial charge on any atom is -0.371 e. The van der Waals surface area contributed by atoms with E-state index in [-0.39, 0.29) is 18.2 Å². The predicted octanol–water partition coefficient (Wildman–Crippen LogP) is 2.80. The highest BCUT2D eigenvalue weighted by Gasteiger charge is 2.28. The Bertz CT molecular complexity index is 655. The minimum atomic E-state index is -0.131. The molecule has 0 radical (unpaired) electrons. The van der Waals surface area contributed by atoms with Crippen LogP contribution in [0.2, 0.25) is 0 Å². The molecule has 0 unspecified atom stereocenters. The number of aromatic nitrogens is 2. The lowest BCUT2D eigenvalue weighted by molar-refractivity contribution is -0.00742. The molecule has 2 amide bonds. The zero-order valence-electron chi connectivity index (χ0n) is 14.6. The molecule has 1 aliphatic rings. The standard InChI is InChI=1S/C19H26N4O2/c1-15-6-8-16(9-7-15)18-17(5-2-14-25-18)22-19(24)20-10-3-12-23-13-4-11-21-23/h4,6-9,11,13,17-18H,2-3,5,10,12,14H2,1H3,(H2,20,22,24)/t17-,18-/m1/s1. The Hall–Kier alpha value is -2.34. The highest BCUT2D eigenvalue weighted by molar-refractivity contribution is 5.74. The van der Waals surface area contributed by atoms with Crippen LogP contribution in [-0.2, 0) is 11.3 Å². The number of amides is 2. The van der Waals surface area contributed by atoms with Crippen LogP contribution in [0.1, 0.15) is 36.5 Å². The van der Waals surface area contributed by atoms with Gasteiger partial charge in [-0.25, -0.2) is 4.79 Å². The van der Waals surface area contributed by atoms with E-state index in [9.17, 15) is 4.79 Å². The molecule has 0 saturated carbocycles. The summed E-state index contributed by atoms with van der Waals surface area (Å²) in [5.74, 6) is 0. The smallest absolute Gasteiger partial charge is 0.315 e. The first kappa shape index (κ1) is 17.5. The molecule has 0 bridgehead atoms. The number of carbonyl (C=O) groups is 1. The molecule has 1 saturated heterocycles. The van der Waals surface area contributed by atoms with Gasteiger partial charge in [0, 0.05) is 32.1 Å². The summed E-state index contributed by atoms with van der Waals surface area (Å²) in [5, 5.41) is 10.2. The highest BCUT2D eigenvalue weighted by atomic mass is 16.5. The number of nitrogens with zero attached hydrogens (tertiary/aromatic N) is 2. The number of rotatable bonds is 6. The summed E-state index contributed by atoms with van der Waals surface area (Å²) in [6, 6.07) is 10.1. The van der Waals surface area contributed by atoms with Crippen molar-refractivity contribution in [2.24, 2.45) is 0 Å². The Morgan fingerprint density at radius 3 is 2.96 bits per heavy atom. The third kappa shape index (κ3) is 5.06. The lowest BCUT2D eigenvalue weighted by Crippen LogP contribution is -2.47. The number of ether oxygens (including phenoxy) is 1. The van der Waals surface area contributed by atoms with Gasteiger partial charge in [-0.3, -0.25) is 4.68 Å². The van der Waals surface area contributed by atoms with E-state index in [1.54, 1.807) is 6.20 Å². The maximum absolute atomic E-state index is 12.2. The first-order valence-corrected chi connectivity index (χ1v) is 8.92. The average molecular weight is 342 g/mol. The second kappa shape index (κ2) is 8.67. The van der Waals surface area contributed by atoms with Gasteiger partial charge in [-0.1, -0.05) is 29.8 Å². The zero-order chi connectivity index (χ0) is 17.5. The van der Waals surface area contributed by atoms with Crippen molar-refractivity contribution in [3.8, 4) is 0 Å². The van der Waals surface area contributed by atoms with Crippen LogP contribution < -0.4 is 10.6 Å². The maximum atomic E-state index is 12.2. The summed E-state index contributed by atoms with van der Waals surface area (Å²) in [6.07, 6.45) is 6.34. The van der Waals surface area contributed by atoms with Gasteiger partial charge in [-0.2, -0.15) is 5.10 Å². The van der Waals surface area contributed by atoms with Gasteiger partial charge in [0.1, 0.15) is 6.10 Å². The second-order valence-electron chi connectivity index (χ2n) is 6.47. The lowest BCUT2D eigenvalue weighted by Gasteiger charge is -2.32. The quantitative estimate of drug-likeness (QED) is 0.793. The average Bonchev–Trinajstić information content (AvgIpc) is 3.14. The van der Waals surface area contributed by atoms with Gasteiger partial charge >= 0.3 is 6.03 Å². The molecule has 2 heterocycles. The van der Waals surface area contributed by atoms with Gasteiger partial charge in [0.15, 0.2) is 0 Å². The molecule has 2 N–H and O–H groups in total. The number of hydrogen-bond donors (Lipinski definition) is 2. The Labute approximate surface area is 148 Å². The van der Waals surface area contributed by atoms with Crippen LogP contribution in [-0.4, -0.2) is 35.0 Å². The van der Waals surface area contributed by atoms with Crippen molar-refractivity contribution in [3.63, 3.8) is 0 Å². The summed E-state index contributed by atoms with van der Waals surface area (Å²) in [7, 11) is 0. The fourth-order valence-electron chi connectivity index (χ4n) is 3.11. The normalized spacial score (nSPS) is 20.2.